The molecule has 1 aromatic carbocycles. The summed E-state index contributed by atoms with van der Waals surface area (Å²) in [5.41, 5.74) is 6.84. The molecule has 0 aromatic heterocycles. The van der Waals surface area contributed by atoms with Crippen LogP contribution in [0.25, 0.3) is 0 Å². The number of hydrogen-bond donors (Lipinski definition) is 2. The number of benzene rings is 1. The van der Waals surface area contributed by atoms with Crippen molar-refractivity contribution in [1.29, 1.82) is 0 Å². The first-order chi connectivity index (χ1) is 8.65. The van der Waals surface area contributed by atoms with Crippen molar-refractivity contribution >= 4 is 5.91 Å². The monoisotopic (exact) mass is 248 g/mol. The quantitative estimate of drug-likeness (QED) is 0.806. The lowest BCUT2D eigenvalue weighted by Gasteiger charge is -2.10. The molecule has 4 heteroatoms. The van der Waals surface area contributed by atoms with Crippen molar-refractivity contribution < 1.29 is 9.53 Å². The molecular formula is C14H20N2O2. The highest BCUT2D eigenvalue weighted by atomic mass is 16.5. The zero-order valence-corrected chi connectivity index (χ0v) is 10.7. The van der Waals surface area contributed by atoms with Gasteiger partial charge >= 0.3 is 0 Å². The Balaban J connectivity index is 1.75. The minimum absolute atomic E-state index is 0.00767. The van der Waals surface area contributed by atoms with Gasteiger partial charge in [0.1, 0.15) is 5.75 Å². The molecule has 1 saturated carbocycles. The van der Waals surface area contributed by atoms with Crippen molar-refractivity contribution in [2.24, 2.45) is 5.73 Å². The number of carbonyl (C=O) groups excluding carboxylic acids is 1. The smallest absolute Gasteiger partial charge is 0.223 e. The van der Waals surface area contributed by atoms with E-state index in [9.17, 15) is 4.79 Å². The molecule has 1 fully saturated rings. The van der Waals surface area contributed by atoms with Gasteiger partial charge in [0, 0.05) is 12.1 Å². The van der Waals surface area contributed by atoms with Gasteiger partial charge in [0.2, 0.25) is 5.91 Å². The van der Waals surface area contributed by atoms with E-state index in [2.05, 4.69) is 5.32 Å². The van der Waals surface area contributed by atoms with E-state index in [0.717, 1.165) is 24.2 Å². The van der Waals surface area contributed by atoms with Crippen LogP contribution < -0.4 is 15.8 Å². The fourth-order valence-corrected chi connectivity index (χ4v) is 1.68. The molecule has 0 saturated heterocycles. The molecule has 1 atom stereocenters. The Hall–Kier alpha value is -1.55. The summed E-state index contributed by atoms with van der Waals surface area (Å²) in [5, 5.41) is 2.93. The van der Waals surface area contributed by atoms with Gasteiger partial charge in [-0.25, -0.2) is 0 Å². The van der Waals surface area contributed by atoms with E-state index in [0.29, 0.717) is 19.1 Å². The lowest BCUT2D eigenvalue weighted by molar-refractivity contribution is -0.121. The summed E-state index contributed by atoms with van der Waals surface area (Å²) < 4.78 is 5.55. The minimum atomic E-state index is -0.00767. The molecule has 0 radical (unpaired) electrons. The second kappa shape index (κ2) is 5.87. The molecule has 0 aliphatic heterocycles. The van der Waals surface area contributed by atoms with Crippen molar-refractivity contribution in [2.45, 2.75) is 38.3 Å². The third-order valence-electron chi connectivity index (χ3n) is 2.92. The van der Waals surface area contributed by atoms with Gasteiger partial charge in [0.25, 0.3) is 0 Å². The summed E-state index contributed by atoms with van der Waals surface area (Å²) in [4.78, 5) is 11.4. The molecule has 2 rings (SSSR count). The van der Waals surface area contributed by atoms with Crippen LogP contribution in [-0.2, 0) is 4.79 Å². The zero-order chi connectivity index (χ0) is 13.0. The molecule has 1 aliphatic rings. The summed E-state index contributed by atoms with van der Waals surface area (Å²) in [6.45, 7) is 2.34. The Morgan fingerprint density at radius 3 is 3.00 bits per heavy atom. The largest absolute Gasteiger partial charge is 0.493 e. The van der Waals surface area contributed by atoms with Crippen molar-refractivity contribution in [3.63, 3.8) is 0 Å². The summed E-state index contributed by atoms with van der Waals surface area (Å²) in [5.74, 6) is 0.838. The van der Waals surface area contributed by atoms with Gasteiger partial charge < -0.3 is 15.8 Å². The number of ether oxygens (including phenoxy) is 1. The van der Waals surface area contributed by atoms with Crippen molar-refractivity contribution in [1.82, 2.24) is 5.32 Å². The van der Waals surface area contributed by atoms with E-state index in [4.69, 9.17) is 10.5 Å². The third-order valence-corrected chi connectivity index (χ3v) is 2.92. The Kier molecular flexibility index (Phi) is 4.20. The summed E-state index contributed by atoms with van der Waals surface area (Å²) in [6.07, 6.45) is 2.63. The van der Waals surface area contributed by atoms with E-state index < -0.39 is 0 Å². The SMILES string of the molecule is C[C@H](N)c1cccc(OCCC(=O)NC2CC2)c1. The number of carbonyl (C=O) groups is 1. The van der Waals surface area contributed by atoms with E-state index >= 15 is 0 Å². The standard InChI is InChI=1S/C14H20N2O2/c1-10(15)11-3-2-4-13(9-11)18-8-7-14(17)16-12-5-6-12/h2-4,9-10,12H,5-8,15H2,1H3,(H,16,17)/t10-/m0/s1. The maximum Gasteiger partial charge on any atom is 0.223 e. The van der Waals surface area contributed by atoms with E-state index in [1.165, 1.54) is 0 Å². The fraction of sp³-hybridized carbons (Fsp3) is 0.500. The van der Waals surface area contributed by atoms with Crippen LogP contribution >= 0.6 is 0 Å². The van der Waals surface area contributed by atoms with Gasteiger partial charge in [0.15, 0.2) is 0 Å². The molecular weight excluding hydrogens is 228 g/mol. The maximum atomic E-state index is 11.4. The highest BCUT2D eigenvalue weighted by molar-refractivity contribution is 5.76. The van der Waals surface area contributed by atoms with Crippen molar-refractivity contribution in [3.05, 3.63) is 29.8 Å². The highest BCUT2D eigenvalue weighted by Gasteiger charge is 2.22. The van der Waals surface area contributed by atoms with Crippen molar-refractivity contribution in [2.75, 3.05) is 6.61 Å². The summed E-state index contributed by atoms with van der Waals surface area (Å²) in [7, 11) is 0. The first-order valence-corrected chi connectivity index (χ1v) is 6.43. The molecule has 0 unspecified atom stereocenters. The van der Waals surface area contributed by atoms with Gasteiger partial charge in [-0.15, -0.1) is 0 Å². The topological polar surface area (TPSA) is 64.3 Å². The minimum Gasteiger partial charge on any atom is -0.493 e. The average molecular weight is 248 g/mol. The molecule has 0 heterocycles. The Labute approximate surface area is 108 Å². The number of nitrogens with one attached hydrogen (secondary N) is 1. The van der Waals surface area contributed by atoms with Crippen LogP contribution in [0.15, 0.2) is 24.3 Å². The first-order valence-electron chi connectivity index (χ1n) is 6.43. The van der Waals surface area contributed by atoms with Crippen LogP contribution in [0.5, 0.6) is 5.75 Å². The Morgan fingerprint density at radius 2 is 2.33 bits per heavy atom. The number of amides is 1. The van der Waals surface area contributed by atoms with E-state index in [-0.39, 0.29) is 11.9 Å². The lowest BCUT2D eigenvalue weighted by Crippen LogP contribution is -2.26. The Bertz CT molecular complexity index is 414. The van der Waals surface area contributed by atoms with E-state index in [1.54, 1.807) is 0 Å². The van der Waals surface area contributed by atoms with Crippen LogP contribution in [-0.4, -0.2) is 18.6 Å². The van der Waals surface area contributed by atoms with Gasteiger partial charge in [0.05, 0.1) is 13.0 Å². The molecule has 0 bridgehead atoms. The van der Waals surface area contributed by atoms with Crippen molar-refractivity contribution in [3.8, 4) is 5.75 Å². The van der Waals surface area contributed by atoms with Gasteiger partial charge in [-0.3, -0.25) is 4.79 Å². The van der Waals surface area contributed by atoms with Crippen LogP contribution in [0.1, 0.15) is 37.8 Å². The van der Waals surface area contributed by atoms with Crippen LogP contribution in [0, 0.1) is 0 Å². The molecule has 1 aromatic rings. The van der Waals surface area contributed by atoms with Crippen LogP contribution in [0.2, 0.25) is 0 Å². The molecule has 1 amide bonds. The summed E-state index contributed by atoms with van der Waals surface area (Å²) >= 11 is 0. The molecule has 4 nitrogen and oxygen atoms in total. The molecule has 98 valence electrons. The Morgan fingerprint density at radius 1 is 1.56 bits per heavy atom. The predicted molar refractivity (Wildman–Crippen MR) is 70.3 cm³/mol. The average Bonchev–Trinajstić information content (AvgIpc) is 3.13. The molecule has 1 aliphatic carbocycles. The van der Waals surface area contributed by atoms with Gasteiger partial charge in [-0.05, 0) is 37.5 Å². The highest BCUT2D eigenvalue weighted by Crippen LogP contribution is 2.19. The van der Waals surface area contributed by atoms with Gasteiger partial charge in [-0.1, -0.05) is 12.1 Å². The molecule has 0 spiro atoms. The maximum absolute atomic E-state index is 11.4. The van der Waals surface area contributed by atoms with Gasteiger partial charge in [-0.2, -0.15) is 0 Å². The molecule has 3 N–H and O–H groups in total. The summed E-state index contributed by atoms with van der Waals surface area (Å²) in [6, 6.07) is 8.09. The van der Waals surface area contributed by atoms with E-state index in [1.807, 2.05) is 31.2 Å². The number of rotatable bonds is 6. The second-order valence-corrected chi connectivity index (χ2v) is 4.80. The van der Waals surface area contributed by atoms with Crippen LogP contribution in [0.4, 0.5) is 0 Å². The third kappa shape index (κ3) is 4.04. The lowest BCUT2D eigenvalue weighted by atomic mass is 10.1. The first kappa shape index (κ1) is 12.9. The van der Waals surface area contributed by atoms with Crippen LogP contribution in [0.3, 0.4) is 0 Å². The number of hydrogen-bond acceptors (Lipinski definition) is 3. The predicted octanol–water partition coefficient (Wildman–Crippen LogP) is 1.75. The zero-order valence-electron chi connectivity index (χ0n) is 10.7. The fourth-order valence-electron chi connectivity index (χ4n) is 1.68. The normalized spacial score (nSPS) is 16.1. The molecule has 18 heavy (non-hydrogen) atoms. The second-order valence-electron chi connectivity index (χ2n) is 4.80. The number of nitrogens with two attached hydrogens (primary N) is 1.